The van der Waals surface area contributed by atoms with Crippen LogP contribution in [0, 0.1) is 13.8 Å². The summed E-state index contributed by atoms with van der Waals surface area (Å²) in [6.07, 6.45) is 0. The summed E-state index contributed by atoms with van der Waals surface area (Å²) in [5.41, 5.74) is 9.83. The van der Waals surface area contributed by atoms with Gasteiger partial charge in [0.15, 0.2) is 5.82 Å². The fourth-order valence-corrected chi connectivity index (χ4v) is 2.69. The highest BCUT2D eigenvalue weighted by molar-refractivity contribution is 9.10. The van der Waals surface area contributed by atoms with Crippen LogP contribution in [0.3, 0.4) is 0 Å². The zero-order chi connectivity index (χ0) is 15.3. The largest absolute Gasteiger partial charge is 0.382 e. The second-order valence-corrected chi connectivity index (χ2v) is 6.01. The van der Waals surface area contributed by atoms with Crippen LogP contribution in [0.1, 0.15) is 36.8 Å². The number of hydrogen-bond acceptors (Lipinski definition) is 5. The molecule has 0 radical (unpaired) electrons. The van der Waals surface area contributed by atoms with Crippen molar-refractivity contribution in [3.63, 3.8) is 0 Å². The quantitative estimate of drug-likeness (QED) is 0.767. The van der Waals surface area contributed by atoms with Gasteiger partial charge in [0.2, 0.25) is 4.73 Å². The van der Waals surface area contributed by atoms with E-state index in [1.54, 1.807) is 0 Å². The summed E-state index contributed by atoms with van der Waals surface area (Å²) in [5, 5.41) is 8.78. The number of aryl methyl sites for hydroxylation is 2. The van der Waals surface area contributed by atoms with E-state index in [4.69, 9.17) is 5.73 Å². The van der Waals surface area contributed by atoms with Gasteiger partial charge in [0.25, 0.3) is 5.78 Å². The number of hydrogen-bond donors (Lipinski definition) is 1. The maximum absolute atomic E-state index is 6.28. The van der Waals surface area contributed by atoms with E-state index in [0.29, 0.717) is 22.2 Å². The van der Waals surface area contributed by atoms with Crippen LogP contribution >= 0.6 is 15.9 Å². The highest BCUT2D eigenvalue weighted by Gasteiger charge is 2.19. The minimum absolute atomic E-state index is 0.322. The minimum Gasteiger partial charge on any atom is -0.382 e. The van der Waals surface area contributed by atoms with Crippen LogP contribution in [0.4, 0.5) is 5.82 Å². The average Bonchev–Trinajstić information content (AvgIpc) is 2.92. The summed E-state index contributed by atoms with van der Waals surface area (Å²) in [5.74, 6) is 1.26. The van der Waals surface area contributed by atoms with E-state index in [2.05, 4.69) is 56.0 Å². The van der Waals surface area contributed by atoms with E-state index >= 15 is 0 Å². The van der Waals surface area contributed by atoms with Gasteiger partial charge < -0.3 is 5.73 Å². The summed E-state index contributed by atoms with van der Waals surface area (Å²) in [4.78, 5) is 8.64. The fourth-order valence-electron chi connectivity index (χ4n) is 2.37. The van der Waals surface area contributed by atoms with E-state index in [0.717, 1.165) is 22.8 Å². The lowest BCUT2D eigenvalue weighted by Crippen LogP contribution is -2.13. The second-order valence-electron chi connectivity index (χ2n) is 5.30. The first kappa shape index (κ1) is 14.0. The molecule has 0 fully saturated rings. The van der Waals surface area contributed by atoms with Crippen molar-refractivity contribution in [1.29, 1.82) is 0 Å². The van der Waals surface area contributed by atoms with Crippen molar-refractivity contribution in [2.45, 2.75) is 33.6 Å². The molecule has 0 aliphatic heterocycles. The molecule has 3 aromatic heterocycles. The molecule has 7 nitrogen and oxygen atoms in total. The molecule has 0 saturated carbocycles. The first-order valence-electron chi connectivity index (χ1n) is 6.63. The van der Waals surface area contributed by atoms with E-state index in [1.807, 2.05) is 18.5 Å². The smallest absolute Gasteiger partial charge is 0.255 e. The van der Waals surface area contributed by atoms with Crippen LogP contribution in [-0.2, 0) is 0 Å². The lowest BCUT2D eigenvalue weighted by molar-refractivity contribution is 0.721. The third-order valence-electron chi connectivity index (χ3n) is 3.31. The van der Waals surface area contributed by atoms with E-state index in [-0.39, 0.29) is 0 Å². The Morgan fingerprint density at radius 3 is 2.57 bits per heavy atom. The van der Waals surface area contributed by atoms with Gasteiger partial charge in [0.1, 0.15) is 5.69 Å². The summed E-state index contributed by atoms with van der Waals surface area (Å²) in [7, 11) is 0. The molecule has 3 aromatic rings. The molecule has 3 heterocycles. The topological polar surface area (TPSA) is 86.9 Å². The number of rotatable bonds is 2. The average molecular weight is 350 g/mol. The van der Waals surface area contributed by atoms with Crippen molar-refractivity contribution < 1.29 is 0 Å². The number of nitrogen functional groups attached to an aromatic ring is 1. The van der Waals surface area contributed by atoms with E-state index in [1.165, 1.54) is 4.52 Å². The van der Waals surface area contributed by atoms with E-state index < -0.39 is 0 Å². The van der Waals surface area contributed by atoms with Gasteiger partial charge in [-0.05, 0) is 41.8 Å². The van der Waals surface area contributed by atoms with Crippen molar-refractivity contribution >= 4 is 27.5 Å². The van der Waals surface area contributed by atoms with Crippen LogP contribution in [0.5, 0.6) is 0 Å². The first-order chi connectivity index (χ1) is 9.88. The van der Waals surface area contributed by atoms with E-state index in [9.17, 15) is 0 Å². The van der Waals surface area contributed by atoms with Gasteiger partial charge in [-0.3, -0.25) is 0 Å². The molecule has 8 heteroatoms. The highest BCUT2D eigenvalue weighted by Crippen LogP contribution is 2.26. The predicted molar refractivity (Wildman–Crippen MR) is 83.6 cm³/mol. The number of fused-ring (bicyclic) bond motifs is 1. The minimum atomic E-state index is 0.322. The molecule has 21 heavy (non-hydrogen) atoms. The van der Waals surface area contributed by atoms with Crippen LogP contribution < -0.4 is 5.73 Å². The number of nitrogens with two attached hydrogens (primary N) is 1. The van der Waals surface area contributed by atoms with Crippen molar-refractivity contribution in [1.82, 2.24) is 29.4 Å². The highest BCUT2D eigenvalue weighted by atomic mass is 79.9. The monoisotopic (exact) mass is 349 g/mol. The molecule has 0 aliphatic carbocycles. The fraction of sp³-hybridized carbons (Fsp3) is 0.385. The molecule has 0 spiro atoms. The maximum Gasteiger partial charge on any atom is 0.255 e. The van der Waals surface area contributed by atoms with Crippen molar-refractivity contribution in [2.24, 2.45) is 0 Å². The van der Waals surface area contributed by atoms with Crippen LogP contribution in [-0.4, -0.2) is 29.4 Å². The van der Waals surface area contributed by atoms with Gasteiger partial charge in [-0.25, -0.2) is 9.67 Å². The molecule has 0 amide bonds. The normalized spacial score (nSPS) is 11.7. The SMILES string of the molecule is Cc1cc(C(C)C)n(-c2c(C)nc3nc(Br)nn3c2N)n1. The van der Waals surface area contributed by atoms with Crippen LogP contribution in [0.15, 0.2) is 10.8 Å². The third kappa shape index (κ3) is 2.19. The Bertz CT molecular complexity index is 831. The van der Waals surface area contributed by atoms with Crippen LogP contribution in [0.25, 0.3) is 11.5 Å². The first-order valence-corrected chi connectivity index (χ1v) is 7.43. The molecule has 2 N–H and O–H groups in total. The summed E-state index contributed by atoms with van der Waals surface area (Å²) in [6, 6.07) is 2.06. The van der Waals surface area contributed by atoms with Crippen molar-refractivity contribution in [3.8, 4) is 5.69 Å². The zero-order valence-corrected chi connectivity index (χ0v) is 13.9. The summed E-state index contributed by atoms with van der Waals surface area (Å²) >= 11 is 3.24. The summed E-state index contributed by atoms with van der Waals surface area (Å²) < 4.78 is 3.83. The standard InChI is InChI=1S/C13H16BrN7/c1-6(2)9-5-7(3)18-20(9)10-8(4)16-13-17-12(14)19-21(13)11(10)15/h5-6H,15H2,1-4H3. The van der Waals surface area contributed by atoms with Gasteiger partial charge in [-0.1, -0.05) is 13.8 Å². The third-order valence-corrected chi connectivity index (χ3v) is 3.64. The Hall–Kier alpha value is -1.96. The Labute approximate surface area is 130 Å². The van der Waals surface area contributed by atoms with Crippen LogP contribution in [0.2, 0.25) is 0 Å². The molecule has 0 saturated heterocycles. The Kier molecular flexibility index (Phi) is 3.20. The van der Waals surface area contributed by atoms with Crippen molar-refractivity contribution in [2.75, 3.05) is 5.73 Å². The Morgan fingerprint density at radius 2 is 1.90 bits per heavy atom. The summed E-state index contributed by atoms with van der Waals surface area (Å²) in [6.45, 7) is 8.11. The Balaban J connectivity index is 2.34. The van der Waals surface area contributed by atoms with Crippen molar-refractivity contribution in [3.05, 3.63) is 27.9 Å². The molecular weight excluding hydrogens is 334 g/mol. The van der Waals surface area contributed by atoms with Gasteiger partial charge in [0.05, 0.1) is 11.4 Å². The maximum atomic E-state index is 6.28. The molecule has 0 bridgehead atoms. The zero-order valence-electron chi connectivity index (χ0n) is 12.3. The number of aromatic nitrogens is 6. The second kappa shape index (κ2) is 4.80. The lowest BCUT2D eigenvalue weighted by atomic mass is 10.1. The molecular formula is C13H16BrN7. The van der Waals surface area contributed by atoms with Gasteiger partial charge in [0, 0.05) is 5.69 Å². The molecule has 0 aromatic carbocycles. The van der Waals surface area contributed by atoms with Gasteiger partial charge in [-0.2, -0.15) is 14.6 Å². The number of halogens is 1. The lowest BCUT2D eigenvalue weighted by Gasteiger charge is -2.14. The van der Waals surface area contributed by atoms with Gasteiger partial charge in [-0.15, -0.1) is 5.10 Å². The molecule has 110 valence electrons. The predicted octanol–water partition coefficient (Wildman–Crippen LogP) is 2.39. The van der Waals surface area contributed by atoms with Gasteiger partial charge >= 0.3 is 0 Å². The number of nitrogens with zero attached hydrogens (tertiary/aromatic N) is 6. The molecule has 0 atom stereocenters. The molecule has 0 unspecified atom stereocenters. The molecule has 0 aliphatic rings. The Morgan fingerprint density at radius 1 is 1.19 bits per heavy atom. The molecule has 3 rings (SSSR count). The number of anilines is 1.